The Balaban J connectivity index is 3.56. The molecule has 0 heterocycles. The molecule has 0 amide bonds. The van der Waals surface area contributed by atoms with Crippen molar-refractivity contribution in [1.29, 1.82) is 0 Å². The van der Waals surface area contributed by atoms with E-state index in [4.69, 9.17) is 9.84 Å². The van der Waals surface area contributed by atoms with Gasteiger partial charge < -0.3 is 9.84 Å². The zero-order chi connectivity index (χ0) is 19.6. The zero-order valence-corrected chi connectivity index (χ0v) is 17.5. The Morgan fingerprint density at radius 3 is 1.92 bits per heavy atom. The second kappa shape index (κ2) is 7.39. The summed E-state index contributed by atoms with van der Waals surface area (Å²) in [6.07, 6.45) is 1.71. The minimum absolute atomic E-state index is 0.0666. The molecule has 0 unspecified atom stereocenters. The van der Waals surface area contributed by atoms with Crippen LogP contribution in [-0.2, 0) is 22.0 Å². The van der Waals surface area contributed by atoms with Crippen molar-refractivity contribution in [2.45, 2.75) is 85.5 Å². The highest BCUT2D eigenvalue weighted by Crippen LogP contribution is 2.45. The van der Waals surface area contributed by atoms with Crippen LogP contribution in [0.1, 0.15) is 84.9 Å². The molecule has 1 aromatic rings. The Labute approximate surface area is 153 Å². The number of carboxylic acids is 1. The van der Waals surface area contributed by atoms with Gasteiger partial charge in [0.2, 0.25) is 0 Å². The SMILES string of the molecule is COc1c(C(C)(C)C)cc(CCC(=O)O)cc1C(C)(C)CC(C)(C)C. The first-order valence-corrected chi connectivity index (χ1v) is 9.11. The molecule has 1 rings (SSSR count). The molecule has 0 aromatic heterocycles. The van der Waals surface area contributed by atoms with Crippen LogP contribution in [0.5, 0.6) is 5.75 Å². The zero-order valence-electron chi connectivity index (χ0n) is 17.5. The monoisotopic (exact) mass is 348 g/mol. The van der Waals surface area contributed by atoms with E-state index in [2.05, 4.69) is 67.5 Å². The average Bonchev–Trinajstić information content (AvgIpc) is 2.40. The molecule has 0 aliphatic carbocycles. The maximum Gasteiger partial charge on any atom is 0.303 e. The number of hydrogen-bond donors (Lipinski definition) is 1. The van der Waals surface area contributed by atoms with E-state index in [1.807, 2.05) is 0 Å². The van der Waals surface area contributed by atoms with Crippen molar-refractivity contribution in [3.8, 4) is 5.75 Å². The van der Waals surface area contributed by atoms with Crippen LogP contribution in [0.3, 0.4) is 0 Å². The lowest BCUT2D eigenvalue weighted by molar-refractivity contribution is -0.136. The van der Waals surface area contributed by atoms with E-state index in [1.165, 1.54) is 5.56 Å². The minimum Gasteiger partial charge on any atom is -0.496 e. The maximum atomic E-state index is 11.0. The quantitative estimate of drug-likeness (QED) is 0.715. The van der Waals surface area contributed by atoms with Gasteiger partial charge in [0.15, 0.2) is 0 Å². The molecule has 0 spiro atoms. The van der Waals surface area contributed by atoms with Crippen LogP contribution in [0.15, 0.2) is 12.1 Å². The number of benzene rings is 1. The molecule has 1 aromatic carbocycles. The van der Waals surface area contributed by atoms with E-state index in [0.717, 1.165) is 23.3 Å². The van der Waals surface area contributed by atoms with E-state index in [-0.39, 0.29) is 22.7 Å². The van der Waals surface area contributed by atoms with Crippen LogP contribution in [0.2, 0.25) is 0 Å². The predicted octanol–water partition coefficient (Wildman–Crippen LogP) is 5.72. The molecule has 0 bridgehead atoms. The second-order valence-corrected chi connectivity index (χ2v) is 9.99. The molecule has 142 valence electrons. The van der Waals surface area contributed by atoms with Gasteiger partial charge in [-0.15, -0.1) is 0 Å². The van der Waals surface area contributed by atoms with Gasteiger partial charge in [-0.3, -0.25) is 4.79 Å². The third-order valence-electron chi connectivity index (χ3n) is 4.49. The summed E-state index contributed by atoms with van der Waals surface area (Å²) in [5.41, 5.74) is 3.45. The molecule has 25 heavy (non-hydrogen) atoms. The van der Waals surface area contributed by atoms with E-state index in [0.29, 0.717) is 6.42 Å². The maximum absolute atomic E-state index is 11.0. The molecule has 0 atom stereocenters. The minimum atomic E-state index is -0.761. The molecule has 0 saturated carbocycles. The first-order chi connectivity index (χ1) is 11.2. The van der Waals surface area contributed by atoms with Crippen molar-refractivity contribution in [2.75, 3.05) is 7.11 Å². The molecule has 3 heteroatoms. The molecular formula is C22H36O3. The fraction of sp³-hybridized carbons (Fsp3) is 0.682. The fourth-order valence-corrected chi connectivity index (χ4v) is 3.79. The molecule has 0 aliphatic rings. The standard InChI is InChI=1S/C22H36O3/c1-20(2,3)14-22(7,8)17-13-15(10-11-18(23)24)12-16(19(17)25-9)21(4,5)6/h12-13H,10-11,14H2,1-9H3,(H,23,24). The van der Waals surface area contributed by atoms with Crippen molar-refractivity contribution in [3.63, 3.8) is 0 Å². The molecule has 0 aliphatic heterocycles. The fourth-order valence-electron chi connectivity index (χ4n) is 3.79. The van der Waals surface area contributed by atoms with Crippen molar-refractivity contribution in [2.24, 2.45) is 5.41 Å². The lowest BCUT2D eigenvalue weighted by Crippen LogP contribution is -2.27. The summed E-state index contributed by atoms with van der Waals surface area (Å²) in [6, 6.07) is 4.28. The first-order valence-electron chi connectivity index (χ1n) is 9.11. The van der Waals surface area contributed by atoms with Crippen LogP contribution in [0.25, 0.3) is 0 Å². The lowest BCUT2D eigenvalue weighted by Gasteiger charge is -2.36. The topological polar surface area (TPSA) is 46.5 Å². The Kier molecular flexibility index (Phi) is 6.36. The molecule has 0 radical (unpaired) electrons. The number of hydrogen-bond acceptors (Lipinski definition) is 2. The summed E-state index contributed by atoms with van der Waals surface area (Å²) in [7, 11) is 1.73. The number of rotatable bonds is 6. The van der Waals surface area contributed by atoms with E-state index in [1.54, 1.807) is 7.11 Å². The molecule has 3 nitrogen and oxygen atoms in total. The van der Waals surface area contributed by atoms with Crippen LogP contribution in [-0.4, -0.2) is 18.2 Å². The van der Waals surface area contributed by atoms with Gasteiger partial charge in [-0.1, -0.05) is 67.5 Å². The Bertz CT molecular complexity index is 613. The largest absolute Gasteiger partial charge is 0.496 e. The van der Waals surface area contributed by atoms with Crippen LogP contribution in [0.4, 0.5) is 0 Å². The molecular weight excluding hydrogens is 312 g/mol. The molecule has 0 fully saturated rings. The van der Waals surface area contributed by atoms with E-state index in [9.17, 15) is 4.79 Å². The van der Waals surface area contributed by atoms with Gasteiger partial charge >= 0.3 is 5.97 Å². The highest BCUT2D eigenvalue weighted by Gasteiger charge is 2.33. The number of aliphatic carboxylic acids is 1. The number of aryl methyl sites for hydroxylation is 1. The Morgan fingerprint density at radius 2 is 1.52 bits per heavy atom. The average molecular weight is 349 g/mol. The predicted molar refractivity (Wildman–Crippen MR) is 105 cm³/mol. The summed E-state index contributed by atoms with van der Waals surface area (Å²) < 4.78 is 5.87. The van der Waals surface area contributed by atoms with Crippen molar-refractivity contribution >= 4 is 5.97 Å². The summed E-state index contributed by atoms with van der Waals surface area (Å²) in [5.74, 6) is 0.185. The van der Waals surface area contributed by atoms with Gasteiger partial charge in [-0.2, -0.15) is 0 Å². The second-order valence-electron chi connectivity index (χ2n) is 9.99. The highest BCUT2D eigenvalue weighted by molar-refractivity contribution is 5.67. The normalized spacial score (nSPS) is 13.0. The van der Waals surface area contributed by atoms with Gasteiger partial charge in [0.05, 0.1) is 7.11 Å². The summed E-state index contributed by atoms with van der Waals surface area (Å²) in [5, 5.41) is 9.06. The smallest absolute Gasteiger partial charge is 0.303 e. The lowest BCUT2D eigenvalue weighted by atomic mass is 9.70. The Hall–Kier alpha value is -1.51. The highest BCUT2D eigenvalue weighted by atomic mass is 16.5. The van der Waals surface area contributed by atoms with Gasteiger partial charge in [-0.05, 0) is 34.7 Å². The number of carboxylic acid groups (broad SMARTS) is 1. The van der Waals surface area contributed by atoms with Gasteiger partial charge in [0.25, 0.3) is 0 Å². The molecule has 0 saturated heterocycles. The number of ether oxygens (including phenoxy) is 1. The van der Waals surface area contributed by atoms with E-state index < -0.39 is 5.97 Å². The summed E-state index contributed by atoms with van der Waals surface area (Å²) in [4.78, 5) is 11.0. The molecule has 1 N–H and O–H groups in total. The summed E-state index contributed by atoms with van der Waals surface area (Å²) >= 11 is 0. The third kappa shape index (κ3) is 6.05. The number of methoxy groups -OCH3 is 1. The van der Waals surface area contributed by atoms with Crippen molar-refractivity contribution in [3.05, 3.63) is 28.8 Å². The first kappa shape index (κ1) is 21.5. The van der Waals surface area contributed by atoms with E-state index >= 15 is 0 Å². The number of carbonyl (C=O) groups is 1. The van der Waals surface area contributed by atoms with Gasteiger partial charge in [0, 0.05) is 17.5 Å². The van der Waals surface area contributed by atoms with Crippen LogP contribution < -0.4 is 4.74 Å². The Morgan fingerprint density at radius 1 is 1.00 bits per heavy atom. The van der Waals surface area contributed by atoms with Gasteiger partial charge in [0.1, 0.15) is 5.75 Å². The summed E-state index contributed by atoms with van der Waals surface area (Å²) in [6.45, 7) is 17.8. The van der Waals surface area contributed by atoms with Gasteiger partial charge in [-0.25, -0.2) is 0 Å². The van der Waals surface area contributed by atoms with Crippen LogP contribution in [0, 0.1) is 5.41 Å². The van der Waals surface area contributed by atoms with Crippen molar-refractivity contribution in [1.82, 2.24) is 0 Å². The van der Waals surface area contributed by atoms with Crippen molar-refractivity contribution < 1.29 is 14.6 Å². The van der Waals surface area contributed by atoms with Crippen LogP contribution >= 0.6 is 0 Å². The third-order valence-corrected chi connectivity index (χ3v) is 4.49.